The summed E-state index contributed by atoms with van der Waals surface area (Å²) in [4.78, 5) is 2.17. The van der Waals surface area contributed by atoms with E-state index in [0.717, 1.165) is 13.0 Å². The standard InChI is InChI=1S/C10H18N2O2S/c1-10(2)9-15(13,14)8-7-12(10)6-4-3-5-11/h3-4,6-9H2,1-2H3. The van der Waals surface area contributed by atoms with Crippen LogP contribution in [0, 0.1) is 11.3 Å². The lowest BCUT2D eigenvalue weighted by molar-refractivity contribution is 0.138. The van der Waals surface area contributed by atoms with E-state index in [1.165, 1.54) is 0 Å². The van der Waals surface area contributed by atoms with Crippen LogP contribution in [-0.4, -0.2) is 43.5 Å². The quantitative estimate of drug-likeness (QED) is 0.673. The summed E-state index contributed by atoms with van der Waals surface area (Å²) < 4.78 is 22.9. The molecule has 1 aliphatic rings. The lowest BCUT2D eigenvalue weighted by Crippen LogP contribution is -2.55. The minimum Gasteiger partial charge on any atom is -0.296 e. The highest BCUT2D eigenvalue weighted by atomic mass is 32.2. The zero-order chi connectivity index (χ0) is 11.5. The largest absolute Gasteiger partial charge is 0.296 e. The van der Waals surface area contributed by atoms with Crippen LogP contribution in [0.3, 0.4) is 0 Å². The molecule has 0 aromatic rings. The normalized spacial score (nSPS) is 24.6. The van der Waals surface area contributed by atoms with Crippen LogP contribution in [0.25, 0.3) is 0 Å². The van der Waals surface area contributed by atoms with Crippen LogP contribution >= 0.6 is 0 Å². The van der Waals surface area contributed by atoms with Gasteiger partial charge in [-0.3, -0.25) is 4.90 Å². The Bertz CT molecular complexity index is 354. The van der Waals surface area contributed by atoms with Gasteiger partial charge in [-0.15, -0.1) is 0 Å². The van der Waals surface area contributed by atoms with E-state index in [4.69, 9.17) is 5.26 Å². The van der Waals surface area contributed by atoms with E-state index >= 15 is 0 Å². The summed E-state index contributed by atoms with van der Waals surface area (Å²) in [6.45, 7) is 5.32. The van der Waals surface area contributed by atoms with Crippen LogP contribution in [-0.2, 0) is 9.84 Å². The molecular formula is C10H18N2O2S. The molecule has 0 amide bonds. The maximum atomic E-state index is 11.5. The summed E-state index contributed by atoms with van der Waals surface area (Å²) in [6.07, 6.45) is 1.36. The maximum Gasteiger partial charge on any atom is 0.153 e. The molecular weight excluding hydrogens is 212 g/mol. The van der Waals surface area contributed by atoms with E-state index in [-0.39, 0.29) is 17.0 Å². The van der Waals surface area contributed by atoms with E-state index in [2.05, 4.69) is 11.0 Å². The topological polar surface area (TPSA) is 61.2 Å². The number of hydrogen-bond acceptors (Lipinski definition) is 4. The molecule has 0 unspecified atom stereocenters. The summed E-state index contributed by atoms with van der Waals surface area (Å²) in [5.41, 5.74) is -0.285. The van der Waals surface area contributed by atoms with Crippen LogP contribution in [0.5, 0.6) is 0 Å². The zero-order valence-corrected chi connectivity index (χ0v) is 10.2. The molecule has 5 heteroatoms. The summed E-state index contributed by atoms with van der Waals surface area (Å²) >= 11 is 0. The van der Waals surface area contributed by atoms with Crippen LogP contribution in [0.1, 0.15) is 26.7 Å². The van der Waals surface area contributed by atoms with E-state index in [0.29, 0.717) is 13.0 Å². The zero-order valence-electron chi connectivity index (χ0n) is 9.36. The molecule has 1 rings (SSSR count). The molecule has 0 aromatic heterocycles. The molecule has 0 spiro atoms. The third-order valence-electron chi connectivity index (χ3n) is 2.82. The van der Waals surface area contributed by atoms with Gasteiger partial charge in [0.25, 0.3) is 0 Å². The average molecular weight is 230 g/mol. The number of hydrogen-bond donors (Lipinski definition) is 0. The average Bonchev–Trinajstić information content (AvgIpc) is 2.06. The summed E-state index contributed by atoms with van der Waals surface area (Å²) in [6, 6.07) is 2.11. The van der Waals surface area contributed by atoms with Gasteiger partial charge < -0.3 is 0 Å². The molecule has 1 saturated heterocycles. The number of nitriles is 1. The summed E-state index contributed by atoms with van der Waals surface area (Å²) in [5, 5.41) is 8.44. The van der Waals surface area contributed by atoms with E-state index in [1.807, 2.05) is 13.8 Å². The van der Waals surface area contributed by atoms with Gasteiger partial charge >= 0.3 is 0 Å². The van der Waals surface area contributed by atoms with E-state index in [9.17, 15) is 8.42 Å². The highest BCUT2D eigenvalue weighted by molar-refractivity contribution is 7.91. The number of nitrogens with zero attached hydrogens (tertiary/aromatic N) is 2. The van der Waals surface area contributed by atoms with Crippen molar-refractivity contribution in [3.8, 4) is 6.07 Å². The monoisotopic (exact) mass is 230 g/mol. The number of sulfone groups is 1. The lowest BCUT2D eigenvalue weighted by atomic mass is 10.0. The third kappa shape index (κ3) is 3.47. The first-order valence-electron chi connectivity index (χ1n) is 5.20. The van der Waals surface area contributed by atoms with E-state index in [1.54, 1.807) is 0 Å². The molecule has 0 N–H and O–H groups in total. The molecule has 0 aromatic carbocycles. The fourth-order valence-electron chi connectivity index (χ4n) is 2.02. The Hall–Kier alpha value is -0.600. The third-order valence-corrected chi connectivity index (χ3v) is 4.77. The molecule has 4 nitrogen and oxygen atoms in total. The maximum absolute atomic E-state index is 11.5. The van der Waals surface area contributed by atoms with Gasteiger partial charge in [-0.1, -0.05) is 0 Å². The van der Waals surface area contributed by atoms with Crippen molar-refractivity contribution in [1.29, 1.82) is 5.26 Å². The first-order chi connectivity index (χ1) is 6.87. The second kappa shape index (κ2) is 4.50. The van der Waals surface area contributed by atoms with Gasteiger partial charge in [0.1, 0.15) is 0 Å². The van der Waals surface area contributed by atoms with Crippen molar-refractivity contribution in [2.24, 2.45) is 0 Å². The van der Waals surface area contributed by atoms with Crippen molar-refractivity contribution in [3.05, 3.63) is 0 Å². The minimum absolute atomic E-state index is 0.229. The Balaban J connectivity index is 2.57. The van der Waals surface area contributed by atoms with Crippen molar-refractivity contribution in [3.63, 3.8) is 0 Å². The Morgan fingerprint density at radius 2 is 2.13 bits per heavy atom. The number of rotatable bonds is 3. The van der Waals surface area contributed by atoms with Crippen LogP contribution in [0.15, 0.2) is 0 Å². The molecule has 86 valence electrons. The number of unbranched alkanes of at least 4 members (excludes halogenated alkanes) is 1. The van der Waals surface area contributed by atoms with Crippen molar-refractivity contribution in [2.45, 2.75) is 32.2 Å². The molecule has 15 heavy (non-hydrogen) atoms. The summed E-state index contributed by atoms with van der Waals surface area (Å²) in [5.74, 6) is 0.482. The van der Waals surface area contributed by atoms with Gasteiger partial charge in [0.05, 0.1) is 17.6 Å². The Kier molecular flexibility index (Phi) is 3.74. The predicted octanol–water partition coefficient (Wildman–Crippen LogP) is 0.799. The fraction of sp³-hybridized carbons (Fsp3) is 0.900. The van der Waals surface area contributed by atoms with Gasteiger partial charge in [-0.2, -0.15) is 5.26 Å². The van der Waals surface area contributed by atoms with Gasteiger partial charge in [-0.05, 0) is 26.8 Å². The fourth-order valence-corrected chi connectivity index (χ4v) is 3.92. The van der Waals surface area contributed by atoms with Crippen LogP contribution in [0.2, 0.25) is 0 Å². The Labute approximate surface area is 91.8 Å². The first kappa shape index (κ1) is 12.5. The molecule has 1 heterocycles. The van der Waals surface area contributed by atoms with E-state index < -0.39 is 9.84 Å². The summed E-state index contributed by atoms with van der Waals surface area (Å²) in [7, 11) is -2.86. The molecule has 0 bridgehead atoms. The molecule has 0 atom stereocenters. The SMILES string of the molecule is CC1(C)CS(=O)(=O)CCN1CCCC#N. The van der Waals surface area contributed by atoms with Crippen molar-refractivity contribution >= 4 is 9.84 Å². The van der Waals surface area contributed by atoms with Crippen LogP contribution in [0.4, 0.5) is 0 Å². The second-order valence-corrected chi connectivity index (χ2v) is 6.84. The molecule has 0 saturated carbocycles. The van der Waals surface area contributed by atoms with Gasteiger partial charge in [0.2, 0.25) is 0 Å². The van der Waals surface area contributed by atoms with Crippen LogP contribution < -0.4 is 0 Å². The van der Waals surface area contributed by atoms with Crippen molar-refractivity contribution in [1.82, 2.24) is 4.90 Å². The smallest absolute Gasteiger partial charge is 0.153 e. The van der Waals surface area contributed by atoms with Crippen molar-refractivity contribution in [2.75, 3.05) is 24.6 Å². The lowest BCUT2D eigenvalue weighted by Gasteiger charge is -2.41. The second-order valence-electron chi connectivity index (χ2n) is 4.65. The Morgan fingerprint density at radius 3 is 2.67 bits per heavy atom. The molecule has 0 aliphatic carbocycles. The highest BCUT2D eigenvalue weighted by Crippen LogP contribution is 2.22. The first-order valence-corrected chi connectivity index (χ1v) is 7.02. The molecule has 1 fully saturated rings. The van der Waals surface area contributed by atoms with Gasteiger partial charge in [-0.25, -0.2) is 8.42 Å². The van der Waals surface area contributed by atoms with Gasteiger partial charge in [0.15, 0.2) is 9.84 Å². The predicted molar refractivity (Wildman–Crippen MR) is 59.2 cm³/mol. The van der Waals surface area contributed by atoms with Crippen molar-refractivity contribution < 1.29 is 8.42 Å². The molecule has 0 radical (unpaired) electrons. The highest BCUT2D eigenvalue weighted by Gasteiger charge is 2.36. The van der Waals surface area contributed by atoms with Gasteiger partial charge in [0, 0.05) is 18.5 Å². The Morgan fingerprint density at radius 1 is 1.47 bits per heavy atom. The molecule has 1 aliphatic heterocycles. The minimum atomic E-state index is -2.86.